The maximum atomic E-state index is 11.8. The molecule has 2 aromatic rings. The number of aliphatic imine (C=N–C) groups is 1. The average Bonchev–Trinajstić information content (AvgIpc) is 2.71. The molecule has 0 fully saturated rings. The summed E-state index contributed by atoms with van der Waals surface area (Å²) in [5, 5.41) is 6.66. The molecule has 29 heavy (non-hydrogen) atoms. The number of rotatable bonds is 8. The maximum absolute atomic E-state index is 11.8. The van der Waals surface area contributed by atoms with Crippen LogP contribution in [-0.4, -0.2) is 34.5 Å². The standard InChI is InChI=1S/C21H30N4O2S.HI/c1-5-23-20(25-16-21(2,3)18-9-7-6-8-10-18)24-15-17-11-13-19(14-12-17)28(26,27)22-4;/h6-14,22H,5,15-16H2,1-4H3,(H2,23,24,25);1H. The van der Waals surface area contributed by atoms with Crippen LogP contribution in [0.25, 0.3) is 0 Å². The van der Waals surface area contributed by atoms with Gasteiger partial charge in [0.05, 0.1) is 11.4 Å². The van der Waals surface area contributed by atoms with Crippen molar-refractivity contribution in [1.29, 1.82) is 0 Å². The molecule has 8 heteroatoms. The lowest BCUT2D eigenvalue weighted by Gasteiger charge is -2.26. The smallest absolute Gasteiger partial charge is 0.240 e. The van der Waals surface area contributed by atoms with Gasteiger partial charge in [-0.1, -0.05) is 56.3 Å². The molecule has 2 aromatic carbocycles. The Balaban J connectivity index is 0.00000420. The monoisotopic (exact) mass is 530 g/mol. The van der Waals surface area contributed by atoms with Crippen molar-refractivity contribution >= 4 is 40.0 Å². The first-order chi connectivity index (χ1) is 13.3. The molecule has 0 spiro atoms. The van der Waals surface area contributed by atoms with Gasteiger partial charge in [-0.15, -0.1) is 24.0 Å². The first kappa shape index (κ1) is 25.4. The van der Waals surface area contributed by atoms with E-state index in [4.69, 9.17) is 0 Å². The van der Waals surface area contributed by atoms with Gasteiger partial charge in [0.25, 0.3) is 0 Å². The number of halogens is 1. The van der Waals surface area contributed by atoms with E-state index in [1.165, 1.54) is 12.6 Å². The molecule has 0 aliphatic rings. The Hall–Kier alpha value is -1.65. The fourth-order valence-corrected chi connectivity index (χ4v) is 3.43. The van der Waals surface area contributed by atoms with Gasteiger partial charge in [-0.05, 0) is 37.2 Å². The lowest BCUT2D eigenvalue weighted by molar-refractivity contribution is 0.508. The molecule has 0 radical (unpaired) electrons. The van der Waals surface area contributed by atoms with Crippen LogP contribution in [0, 0.1) is 0 Å². The van der Waals surface area contributed by atoms with Crippen molar-refractivity contribution in [3.05, 3.63) is 65.7 Å². The third-order valence-electron chi connectivity index (χ3n) is 4.52. The third-order valence-corrected chi connectivity index (χ3v) is 5.95. The fraction of sp³-hybridized carbons (Fsp3) is 0.381. The van der Waals surface area contributed by atoms with Gasteiger partial charge >= 0.3 is 0 Å². The SMILES string of the molecule is CCNC(=NCc1ccc(S(=O)(=O)NC)cc1)NCC(C)(C)c1ccccc1.I. The zero-order valence-electron chi connectivity index (χ0n) is 17.4. The van der Waals surface area contributed by atoms with Crippen LogP contribution in [0.3, 0.4) is 0 Å². The highest BCUT2D eigenvalue weighted by Gasteiger charge is 2.20. The molecule has 0 aliphatic carbocycles. The van der Waals surface area contributed by atoms with Gasteiger partial charge in [-0.25, -0.2) is 18.1 Å². The molecule has 0 atom stereocenters. The summed E-state index contributed by atoms with van der Waals surface area (Å²) in [6.07, 6.45) is 0. The molecule has 0 unspecified atom stereocenters. The van der Waals surface area contributed by atoms with E-state index in [-0.39, 0.29) is 34.3 Å². The molecule has 0 bridgehead atoms. The molecule has 0 aromatic heterocycles. The van der Waals surface area contributed by atoms with Crippen molar-refractivity contribution in [3.63, 3.8) is 0 Å². The fourth-order valence-electron chi connectivity index (χ4n) is 2.70. The first-order valence-electron chi connectivity index (χ1n) is 9.38. The lowest BCUT2D eigenvalue weighted by Crippen LogP contribution is -2.43. The molecule has 0 heterocycles. The van der Waals surface area contributed by atoms with Gasteiger partial charge in [0.15, 0.2) is 5.96 Å². The summed E-state index contributed by atoms with van der Waals surface area (Å²) < 4.78 is 25.9. The second-order valence-electron chi connectivity index (χ2n) is 7.15. The summed E-state index contributed by atoms with van der Waals surface area (Å²) in [6, 6.07) is 17.1. The minimum Gasteiger partial charge on any atom is -0.357 e. The van der Waals surface area contributed by atoms with Crippen LogP contribution in [0.4, 0.5) is 0 Å². The van der Waals surface area contributed by atoms with Gasteiger partial charge in [0.2, 0.25) is 10.0 Å². The lowest BCUT2D eigenvalue weighted by atomic mass is 9.85. The van der Waals surface area contributed by atoms with E-state index in [0.717, 1.165) is 24.6 Å². The quantitative estimate of drug-likeness (QED) is 0.278. The summed E-state index contributed by atoms with van der Waals surface area (Å²) in [6.45, 7) is 8.37. The molecule has 2 rings (SSSR count). The molecule has 0 saturated carbocycles. The Morgan fingerprint density at radius 1 is 1.00 bits per heavy atom. The van der Waals surface area contributed by atoms with Crippen LogP contribution in [-0.2, 0) is 22.0 Å². The summed E-state index contributed by atoms with van der Waals surface area (Å²) in [5.74, 6) is 0.735. The first-order valence-corrected chi connectivity index (χ1v) is 10.9. The number of hydrogen-bond acceptors (Lipinski definition) is 3. The van der Waals surface area contributed by atoms with Crippen molar-refractivity contribution in [2.24, 2.45) is 4.99 Å². The van der Waals surface area contributed by atoms with Crippen LogP contribution < -0.4 is 15.4 Å². The van der Waals surface area contributed by atoms with Crippen LogP contribution in [0.5, 0.6) is 0 Å². The van der Waals surface area contributed by atoms with Crippen LogP contribution in [0.2, 0.25) is 0 Å². The highest BCUT2D eigenvalue weighted by Crippen LogP contribution is 2.21. The normalized spacial score (nSPS) is 12.2. The zero-order chi connectivity index (χ0) is 20.6. The van der Waals surface area contributed by atoms with E-state index in [0.29, 0.717) is 6.54 Å². The molecule has 0 amide bonds. The molecule has 160 valence electrons. The average molecular weight is 530 g/mol. The molecule has 0 saturated heterocycles. The molecular formula is C21H31IN4O2S. The van der Waals surface area contributed by atoms with E-state index >= 15 is 0 Å². The number of sulfonamides is 1. The Morgan fingerprint density at radius 3 is 2.17 bits per heavy atom. The van der Waals surface area contributed by atoms with Crippen molar-refractivity contribution in [1.82, 2.24) is 15.4 Å². The van der Waals surface area contributed by atoms with Gasteiger partial charge < -0.3 is 10.6 Å². The minimum atomic E-state index is -3.42. The molecule has 3 N–H and O–H groups in total. The molecule has 0 aliphatic heterocycles. The van der Waals surface area contributed by atoms with Crippen LogP contribution in [0.15, 0.2) is 64.5 Å². The van der Waals surface area contributed by atoms with Gasteiger partial charge in [-0.3, -0.25) is 0 Å². The van der Waals surface area contributed by atoms with E-state index in [1.54, 1.807) is 24.3 Å². The molecular weight excluding hydrogens is 499 g/mol. The second kappa shape index (κ2) is 11.5. The van der Waals surface area contributed by atoms with Crippen molar-refractivity contribution in [2.45, 2.75) is 37.6 Å². The van der Waals surface area contributed by atoms with Crippen LogP contribution >= 0.6 is 24.0 Å². The topological polar surface area (TPSA) is 82.6 Å². The number of nitrogens with zero attached hydrogens (tertiary/aromatic N) is 1. The predicted octanol–water partition coefficient (Wildman–Crippen LogP) is 3.25. The Labute approximate surface area is 191 Å². The van der Waals surface area contributed by atoms with Gasteiger partial charge in [-0.2, -0.15) is 0 Å². The summed E-state index contributed by atoms with van der Waals surface area (Å²) in [4.78, 5) is 4.87. The van der Waals surface area contributed by atoms with Crippen molar-refractivity contribution in [3.8, 4) is 0 Å². The van der Waals surface area contributed by atoms with Gasteiger partial charge in [0.1, 0.15) is 0 Å². The number of hydrogen-bond donors (Lipinski definition) is 3. The summed E-state index contributed by atoms with van der Waals surface area (Å²) in [5.41, 5.74) is 2.16. The summed E-state index contributed by atoms with van der Waals surface area (Å²) >= 11 is 0. The van der Waals surface area contributed by atoms with E-state index < -0.39 is 10.0 Å². The Kier molecular flexibility index (Phi) is 10.1. The highest BCUT2D eigenvalue weighted by atomic mass is 127. The van der Waals surface area contributed by atoms with E-state index in [9.17, 15) is 8.42 Å². The van der Waals surface area contributed by atoms with Crippen molar-refractivity contribution in [2.75, 3.05) is 20.1 Å². The number of nitrogens with one attached hydrogen (secondary N) is 3. The third kappa shape index (κ3) is 7.60. The maximum Gasteiger partial charge on any atom is 0.240 e. The predicted molar refractivity (Wildman–Crippen MR) is 130 cm³/mol. The Bertz CT molecular complexity index is 883. The minimum absolute atomic E-state index is 0. The number of guanidine groups is 1. The second-order valence-corrected chi connectivity index (χ2v) is 9.04. The number of benzene rings is 2. The van der Waals surface area contributed by atoms with E-state index in [2.05, 4.69) is 46.3 Å². The van der Waals surface area contributed by atoms with Crippen LogP contribution in [0.1, 0.15) is 31.9 Å². The highest BCUT2D eigenvalue weighted by molar-refractivity contribution is 14.0. The van der Waals surface area contributed by atoms with Gasteiger partial charge in [0, 0.05) is 18.5 Å². The summed E-state index contributed by atoms with van der Waals surface area (Å²) in [7, 11) is -2.02. The van der Waals surface area contributed by atoms with E-state index in [1.807, 2.05) is 25.1 Å². The zero-order valence-corrected chi connectivity index (χ0v) is 20.5. The largest absolute Gasteiger partial charge is 0.357 e. The molecule has 6 nitrogen and oxygen atoms in total. The van der Waals surface area contributed by atoms with Crippen molar-refractivity contribution < 1.29 is 8.42 Å². The Morgan fingerprint density at radius 2 is 1.62 bits per heavy atom.